The molecule has 0 fully saturated rings. The highest BCUT2D eigenvalue weighted by atomic mass is 35.5. The number of nitrogens with zero attached hydrogens (tertiary/aromatic N) is 7. The summed E-state index contributed by atoms with van der Waals surface area (Å²) < 4.78 is 1.32. The molecule has 1 aromatic carbocycles. The minimum atomic E-state index is 0.0914. The Bertz CT molecular complexity index is 1100. The topological polar surface area (TPSA) is 92.8 Å². The van der Waals surface area contributed by atoms with Crippen LogP contribution in [-0.2, 0) is 6.54 Å². The molecule has 0 amide bonds. The number of rotatable bonds is 5. The van der Waals surface area contributed by atoms with Crippen molar-refractivity contribution < 1.29 is 5.21 Å². The Hall–Kier alpha value is -3.07. The van der Waals surface area contributed by atoms with Crippen LogP contribution in [0.4, 0.5) is 5.95 Å². The van der Waals surface area contributed by atoms with E-state index in [1.54, 1.807) is 42.9 Å². The zero-order chi connectivity index (χ0) is 19.5. The summed E-state index contributed by atoms with van der Waals surface area (Å²) in [4.78, 5) is 8.45. The van der Waals surface area contributed by atoms with Gasteiger partial charge in [0, 0.05) is 29.7 Å². The van der Waals surface area contributed by atoms with Crippen LogP contribution in [0.3, 0.4) is 0 Å². The third kappa shape index (κ3) is 3.53. The van der Waals surface area contributed by atoms with Gasteiger partial charge in [0.25, 0.3) is 5.95 Å². The summed E-state index contributed by atoms with van der Waals surface area (Å²) in [6, 6.07) is 12.4. The van der Waals surface area contributed by atoms with E-state index in [0.29, 0.717) is 10.7 Å². The van der Waals surface area contributed by atoms with Gasteiger partial charge in [0.05, 0.1) is 28.0 Å². The maximum Gasteiger partial charge on any atom is 0.274 e. The standard InChI is InChI=1S/C18H13Cl2N7O/c19-14-4-1-5-15(16(14)20)27-18(23-24-25-27)26(28)11-13-3-2-8-22-17(13)12-6-9-21-10-7-12/h1-10,28H,11H2. The van der Waals surface area contributed by atoms with E-state index in [2.05, 4.69) is 25.5 Å². The van der Waals surface area contributed by atoms with Crippen molar-refractivity contribution in [3.8, 4) is 16.9 Å². The molecule has 8 nitrogen and oxygen atoms in total. The molecular formula is C18H13Cl2N7O. The normalized spacial score (nSPS) is 10.8. The number of hydrogen-bond donors (Lipinski definition) is 1. The van der Waals surface area contributed by atoms with Crippen molar-refractivity contribution in [3.05, 3.63) is 76.7 Å². The van der Waals surface area contributed by atoms with Crippen molar-refractivity contribution in [2.24, 2.45) is 0 Å². The third-order valence-corrected chi connectivity index (χ3v) is 4.82. The molecule has 3 aromatic heterocycles. The molecule has 0 aliphatic carbocycles. The van der Waals surface area contributed by atoms with Crippen LogP contribution in [0.25, 0.3) is 16.9 Å². The lowest BCUT2D eigenvalue weighted by Gasteiger charge is -2.18. The van der Waals surface area contributed by atoms with Gasteiger partial charge in [-0.25, -0.2) is 5.06 Å². The second-order valence-corrected chi connectivity index (χ2v) is 6.55. The predicted molar refractivity (Wildman–Crippen MR) is 105 cm³/mol. The van der Waals surface area contributed by atoms with Crippen LogP contribution in [0, 0.1) is 0 Å². The number of anilines is 1. The molecule has 140 valence electrons. The van der Waals surface area contributed by atoms with Crippen LogP contribution in [-0.4, -0.2) is 35.4 Å². The first-order valence-corrected chi connectivity index (χ1v) is 8.94. The molecule has 0 atom stereocenters. The van der Waals surface area contributed by atoms with Crippen molar-refractivity contribution in [1.29, 1.82) is 0 Å². The highest BCUT2D eigenvalue weighted by Gasteiger charge is 2.19. The summed E-state index contributed by atoms with van der Waals surface area (Å²) in [7, 11) is 0. The maximum atomic E-state index is 10.7. The van der Waals surface area contributed by atoms with E-state index in [1.807, 2.05) is 18.2 Å². The first-order valence-electron chi connectivity index (χ1n) is 8.18. The van der Waals surface area contributed by atoms with Crippen molar-refractivity contribution in [1.82, 2.24) is 30.2 Å². The van der Waals surface area contributed by atoms with E-state index >= 15 is 0 Å². The number of pyridine rings is 2. The molecule has 0 aliphatic heterocycles. The maximum absolute atomic E-state index is 10.7. The number of hydrogen-bond acceptors (Lipinski definition) is 7. The lowest BCUT2D eigenvalue weighted by Crippen LogP contribution is -2.22. The number of aromatic nitrogens is 6. The van der Waals surface area contributed by atoms with Crippen LogP contribution >= 0.6 is 23.2 Å². The van der Waals surface area contributed by atoms with E-state index in [1.165, 1.54) is 4.68 Å². The number of benzene rings is 1. The smallest absolute Gasteiger partial charge is 0.274 e. The SMILES string of the molecule is ON(Cc1cccnc1-c1ccncc1)c1nnnn1-c1cccc(Cl)c1Cl. The van der Waals surface area contributed by atoms with Crippen LogP contribution < -0.4 is 5.06 Å². The molecule has 28 heavy (non-hydrogen) atoms. The highest BCUT2D eigenvalue weighted by molar-refractivity contribution is 6.43. The monoisotopic (exact) mass is 413 g/mol. The van der Waals surface area contributed by atoms with Crippen LogP contribution in [0.5, 0.6) is 0 Å². The molecule has 0 spiro atoms. The zero-order valence-electron chi connectivity index (χ0n) is 14.3. The molecule has 4 rings (SSSR count). The van der Waals surface area contributed by atoms with Gasteiger partial charge in [-0.05, 0) is 40.8 Å². The zero-order valence-corrected chi connectivity index (χ0v) is 15.8. The minimum Gasteiger partial charge on any atom is -0.285 e. The van der Waals surface area contributed by atoms with Gasteiger partial charge >= 0.3 is 0 Å². The summed E-state index contributed by atoms with van der Waals surface area (Å²) in [6.07, 6.45) is 5.06. The Labute approximate surface area is 170 Å². The molecular weight excluding hydrogens is 401 g/mol. The van der Waals surface area contributed by atoms with Gasteiger partial charge in [0.15, 0.2) is 0 Å². The Balaban J connectivity index is 1.68. The number of tetrazole rings is 1. The fourth-order valence-corrected chi connectivity index (χ4v) is 3.10. The number of halogens is 2. The van der Waals surface area contributed by atoms with Crippen LogP contribution in [0.2, 0.25) is 10.0 Å². The Morgan fingerprint density at radius 1 is 1.00 bits per heavy atom. The molecule has 10 heteroatoms. The third-order valence-electron chi connectivity index (χ3n) is 4.01. The van der Waals surface area contributed by atoms with Gasteiger partial charge in [-0.3, -0.25) is 15.2 Å². The predicted octanol–water partition coefficient (Wildman–Crippen LogP) is 3.82. The van der Waals surface area contributed by atoms with Gasteiger partial charge in [-0.1, -0.05) is 40.4 Å². The quantitative estimate of drug-likeness (QED) is 0.496. The van der Waals surface area contributed by atoms with E-state index in [-0.39, 0.29) is 17.5 Å². The van der Waals surface area contributed by atoms with Crippen molar-refractivity contribution in [2.75, 3.05) is 5.06 Å². The van der Waals surface area contributed by atoms with Crippen molar-refractivity contribution in [3.63, 3.8) is 0 Å². The molecule has 1 N–H and O–H groups in total. The molecule has 0 unspecified atom stereocenters. The first-order chi connectivity index (χ1) is 13.6. The van der Waals surface area contributed by atoms with E-state index in [4.69, 9.17) is 23.2 Å². The average Bonchev–Trinajstić information content (AvgIpc) is 3.21. The second-order valence-electron chi connectivity index (χ2n) is 5.77. The molecule has 0 saturated heterocycles. The Kier molecular flexibility index (Phi) is 5.16. The largest absolute Gasteiger partial charge is 0.285 e. The number of hydroxylamine groups is 1. The van der Waals surface area contributed by atoms with Crippen molar-refractivity contribution in [2.45, 2.75) is 6.54 Å². The summed E-state index contributed by atoms with van der Waals surface area (Å²) in [5.41, 5.74) is 2.84. The first kappa shape index (κ1) is 18.3. The van der Waals surface area contributed by atoms with E-state index < -0.39 is 0 Å². The summed E-state index contributed by atoms with van der Waals surface area (Å²) in [6.45, 7) is 0.101. The van der Waals surface area contributed by atoms with Gasteiger partial charge in [0.1, 0.15) is 0 Å². The lowest BCUT2D eigenvalue weighted by atomic mass is 10.1. The van der Waals surface area contributed by atoms with Gasteiger partial charge in [-0.15, -0.1) is 0 Å². The molecule has 0 radical (unpaired) electrons. The summed E-state index contributed by atoms with van der Waals surface area (Å²) in [5, 5.41) is 23.7. The molecule has 0 bridgehead atoms. The average molecular weight is 414 g/mol. The van der Waals surface area contributed by atoms with Crippen LogP contribution in [0.1, 0.15) is 5.56 Å². The highest BCUT2D eigenvalue weighted by Crippen LogP contribution is 2.30. The Morgan fingerprint density at radius 2 is 1.82 bits per heavy atom. The Morgan fingerprint density at radius 3 is 2.64 bits per heavy atom. The molecule has 0 aliphatic rings. The summed E-state index contributed by atoms with van der Waals surface area (Å²) >= 11 is 12.3. The van der Waals surface area contributed by atoms with E-state index in [0.717, 1.165) is 21.9 Å². The fourth-order valence-electron chi connectivity index (χ4n) is 2.72. The van der Waals surface area contributed by atoms with Gasteiger partial charge < -0.3 is 0 Å². The summed E-state index contributed by atoms with van der Waals surface area (Å²) in [5.74, 6) is 0.0914. The molecule has 0 saturated carbocycles. The lowest BCUT2D eigenvalue weighted by molar-refractivity contribution is 0.241. The van der Waals surface area contributed by atoms with Crippen molar-refractivity contribution >= 4 is 29.2 Å². The van der Waals surface area contributed by atoms with Gasteiger partial charge in [0.2, 0.25) is 0 Å². The molecule has 3 heterocycles. The van der Waals surface area contributed by atoms with Crippen LogP contribution in [0.15, 0.2) is 61.1 Å². The molecule has 4 aromatic rings. The minimum absolute atomic E-state index is 0.0914. The fraction of sp³-hybridized carbons (Fsp3) is 0.0556. The van der Waals surface area contributed by atoms with E-state index in [9.17, 15) is 5.21 Å². The second kappa shape index (κ2) is 7.89. The van der Waals surface area contributed by atoms with Gasteiger partial charge in [-0.2, -0.15) is 4.68 Å².